The molecule has 5 rings (SSSR count). The highest BCUT2D eigenvalue weighted by molar-refractivity contribution is 8.15. The Morgan fingerprint density at radius 3 is 2.37 bits per heavy atom. The number of amides is 1. The van der Waals surface area contributed by atoms with Crippen molar-refractivity contribution in [1.82, 2.24) is 20.2 Å². The van der Waals surface area contributed by atoms with Gasteiger partial charge in [-0.1, -0.05) is 55.9 Å². The number of aliphatic hydroxyl groups excluding tert-OH is 1. The number of thioether (sulfide) groups is 1. The molecular formula is C31H31F3N6O5S. The number of alkyl halides is 3. The number of aliphatic hydroxyl groups is 1. The van der Waals surface area contributed by atoms with E-state index >= 15 is 0 Å². The molecule has 1 aromatic heterocycles. The molecule has 0 saturated carbocycles. The molecule has 242 valence electrons. The molecule has 1 aliphatic rings. The van der Waals surface area contributed by atoms with Crippen LogP contribution in [0.25, 0.3) is 17.1 Å². The first-order valence-corrected chi connectivity index (χ1v) is 15.1. The first-order chi connectivity index (χ1) is 21.9. The summed E-state index contributed by atoms with van der Waals surface area (Å²) in [6, 6.07) is 18.0. The molecule has 11 nitrogen and oxygen atoms in total. The number of hydrogen-bond acceptors (Lipinski definition) is 10. The molecule has 1 amide bonds. The first-order valence-electron chi connectivity index (χ1n) is 14.1. The minimum Gasteiger partial charge on any atom is -0.497 e. The number of hydrogen-bond donors (Lipinski definition) is 2. The number of carbonyl (C=O) groups excluding carboxylic acids is 1. The van der Waals surface area contributed by atoms with Gasteiger partial charge in [0, 0.05) is 11.6 Å². The van der Waals surface area contributed by atoms with Gasteiger partial charge in [0.25, 0.3) is 0 Å². The predicted molar refractivity (Wildman–Crippen MR) is 167 cm³/mol. The maximum absolute atomic E-state index is 12.9. The van der Waals surface area contributed by atoms with Gasteiger partial charge in [-0.25, -0.2) is 14.7 Å². The van der Waals surface area contributed by atoms with Crippen molar-refractivity contribution in [1.29, 1.82) is 0 Å². The molecule has 2 heterocycles. The van der Waals surface area contributed by atoms with E-state index in [4.69, 9.17) is 9.57 Å². The Balaban J connectivity index is 1.21. The Morgan fingerprint density at radius 2 is 1.72 bits per heavy atom. The van der Waals surface area contributed by atoms with Crippen LogP contribution in [0, 0.1) is 0 Å². The Kier molecular flexibility index (Phi) is 9.96. The van der Waals surface area contributed by atoms with Crippen LogP contribution in [0.1, 0.15) is 43.9 Å². The second-order valence-corrected chi connectivity index (χ2v) is 11.4. The zero-order valence-corrected chi connectivity index (χ0v) is 26.0. The van der Waals surface area contributed by atoms with Crippen LogP contribution in [0.4, 0.5) is 18.9 Å². The van der Waals surface area contributed by atoms with Gasteiger partial charge in [-0.15, -0.1) is 18.3 Å². The third-order valence-electron chi connectivity index (χ3n) is 6.91. The lowest BCUT2D eigenvalue weighted by molar-refractivity contribution is -0.274. The highest BCUT2D eigenvalue weighted by atomic mass is 32.2. The molecule has 0 aliphatic carbocycles. The number of benzene rings is 3. The van der Waals surface area contributed by atoms with Crippen molar-refractivity contribution in [3.8, 4) is 28.6 Å². The maximum Gasteiger partial charge on any atom is 0.573 e. The minimum absolute atomic E-state index is 0.133. The topological polar surface area (TPSA) is 123 Å². The third-order valence-corrected chi connectivity index (χ3v) is 7.85. The van der Waals surface area contributed by atoms with Gasteiger partial charge in [-0.3, -0.25) is 14.5 Å². The molecule has 46 heavy (non-hydrogen) atoms. The summed E-state index contributed by atoms with van der Waals surface area (Å²) in [6.07, 6.45) is -5.26. The van der Waals surface area contributed by atoms with Crippen LogP contribution in [0.2, 0.25) is 0 Å². The Labute approximate surface area is 267 Å². The zero-order chi connectivity index (χ0) is 33.0. The van der Waals surface area contributed by atoms with E-state index in [0.29, 0.717) is 33.7 Å². The number of carbonyl (C=O) groups is 1. The van der Waals surface area contributed by atoms with Crippen molar-refractivity contribution in [3.05, 3.63) is 84.2 Å². The summed E-state index contributed by atoms with van der Waals surface area (Å²) in [5.74, 6) is 0.829. The standard InChI is InChI=1S/C31H31F3N6O5S/c1-18(2)25-14-13-24(43-4)15-26(25)40-27(41)16-46-30(40)36-29(42)38-45-19(3)20-5-7-21(8-6-20)28-35-17-39(37-28)22-9-11-23(12-10-22)44-31(32,33)34/h5-15,17-19,29,38,42H,16H2,1-4H3/b36-30-. The van der Waals surface area contributed by atoms with E-state index in [1.807, 2.05) is 38.1 Å². The minimum atomic E-state index is -4.77. The zero-order valence-electron chi connectivity index (χ0n) is 25.2. The van der Waals surface area contributed by atoms with Crippen LogP contribution in [0.3, 0.4) is 0 Å². The van der Waals surface area contributed by atoms with Crippen molar-refractivity contribution in [3.63, 3.8) is 0 Å². The fourth-order valence-corrected chi connectivity index (χ4v) is 5.50. The molecule has 15 heteroatoms. The highest BCUT2D eigenvalue weighted by Gasteiger charge is 2.33. The molecule has 0 bridgehead atoms. The Morgan fingerprint density at radius 1 is 1.02 bits per heavy atom. The number of anilines is 1. The monoisotopic (exact) mass is 656 g/mol. The Bertz CT molecular complexity index is 1700. The van der Waals surface area contributed by atoms with Crippen LogP contribution in [-0.4, -0.2) is 56.5 Å². The average molecular weight is 657 g/mol. The Hall–Kier alpha value is -4.44. The molecule has 2 atom stereocenters. The number of aromatic nitrogens is 3. The summed E-state index contributed by atoms with van der Waals surface area (Å²) in [4.78, 5) is 28.6. The molecule has 0 radical (unpaired) electrons. The van der Waals surface area contributed by atoms with Crippen molar-refractivity contribution in [2.45, 2.75) is 45.5 Å². The molecular weight excluding hydrogens is 625 g/mol. The number of nitrogens with zero attached hydrogens (tertiary/aromatic N) is 5. The largest absolute Gasteiger partial charge is 0.573 e. The van der Waals surface area contributed by atoms with Gasteiger partial charge in [0.05, 0.1) is 24.2 Å². The van der Waals surface area contributed by atoms with E-state index in [2.05, 4.69) is 25.3 Å². The lowest BCUT2D eigenvalue weighted by Gasteiger charge is -2.23. The van der Waals surface area contributed by atoms with Crippen molar-refractivity contribution in [2.24, 2.45) is 4.99 Å². The highest BCUT2D eigenvalue weighted by Crippen LogP contribution is 2.36. The fraction of sp³-hybridized carbons (Fsp3) is 0.290. The average Bonchev–Trinajstić information content (AvgIpc) is 3.66. The van der Waals surface area contributed by atoms with Gasteiger partial charge in [-0.2, -0.15) is 5.48 Å². The molecule has 3 aromatic carbocycles. The quantitative estimate of drug-likeness (QED) is 0.149. The van der Waals surface area contributed by atoms with E-state index in [9.17, 15) is 23.1 Å². The number of halogens is 3. The number of methoxy groups -OCH3 is 1. The van der Waals surface area contributed by atoms with Crippen molar-refractivity contribution >= 4 is 28.5 Å². The fourth-order valence-electron chi connectivity index (χ4n) is 4.61. The maximum atomic E-state index is 12.9. The van der Waals surface area contributed by atoms with Crippen LogP contribution in [-0.2, 0) is 9.63 Å². The van der Waals surface area contributed by atoms with Crippen molar-refractivity contribution in [2.75, 3.05) is 17.8 Å². The van der Waals surface area contributed by atoms with Gasteiger partial charge in [0.2, 0.25) is 12.3 Å². The van der Waals surface area contributed by atoms with Gasteiger partial charge in [-0.05, 0) is 54.3 Å². The number of nitrogens with one attached hydrogen (secondary N) is 1. The molecule has 2 N–H and O–H groups in total. The molecule has 1 aliphatic heterocycles. The number of ether oxygens (including phenoxy) is 2. The molecule has 0 spiro atoms. The van der Waals surface area contributed by atoms with E-state index < -0.39 is 18.8 Å². The summed E-state index contributed by atoms with van der Waals surface area (Å²) >= 11 is 1.22. The van der Waals surface area contributed by atoms with E-state index in [1.165, 1.54) is 51.9 Å². The number of aliphatic imine (C=N–C) groups is 1. The molecule has 1 saturated heterocycles. The number of hydroxylamine groups is 1. The van der Waals surface area contributed by atoms with Gasteiger partial charge >= 0.3 is 6.36 Å². The molecule has 2 unspecified atom stereocenters. The van der Waals surface area contributed by atoms with Crippen molar-refractivity contribution < 1.29 is 37.4 Å². The normalized spacial score (nSPS) is 15.9. The lowest BCUT2D eigenvalue weighted by atomic mass is 10.00. The van der Waals surface area contributed by atoms with E-state index in [0.717, 1.165) is 11.1 Å². The molecule has 1 fully saturated rings. The first kappa shape index (κ1) is 32.9. The lowest BCUT2D eigenvalue weighted by Crippen LogP contribution is -2.34. The van der Waals surface area contributed by atoms with Crippen LogP contribution in [0.5, 0.6) is 11.5 Å². The van der Waals surface area contributed by atoms with E-state index in [1.54, 1.807) is 32.2 Å². The number of rotatable bonds is 11. The third kappa shape index (κ3) is 7.85. The van der Waals surface area contributed by atoms with E-state index in [-0.39, 0.29) is 23.3 Å². The SMILES string of the molecule is COc1ccc(C(C)C)c(N2C(=O)CS/C2=N\C(O)NOC(C)c2ccc(-c3ncn(-c4ccc(OC(F)(F)F)cc4)n3)cc2)c1. The smallest absolute Gasteiger partial charge is 0.497 e. The van der Waals surface area contributed by atoms with Gasteiger partial charge < -0.3 is 14.6 Å². The second-order valence-electron chi connectivity index (χ2n) is 10.4. The molecule has 4 aromatic rings. The van der Waals surface area contributed by atoms with Crippen LogP contribution >= 0.6 is 11.8 Å². The number of amidine groups is 1. The second kappa shape index (κ2) is 13.9. The summed E-state index contributed by atoms with van der Waals surface area (Å²) in [5.41, 5.74) is 6.11. The summed E-state index contributed by atoms with van der Waals surface area (Å²) in [7, 11) is 1.56. The summed E-state index contributed by atoms with van der Waals surface area (Å²) in [5, 5.41) is 15.4. The summed E-state index contributed by atoms with van der Waals surface area (Å²) < 4.78 is 48.0. The summed E-state index contributed by atoms with van der Waals surface area (Å²) in [6.45, 7) is 5.84. The van der Waals surface area contributed by atoms with Gasteiger partial charge in [0.15, 0.2) is 11.0 Å². The predicted octanol–water partition coefficient (Wildman–Crippen LogP) is 5.96. The van der Waals surface area contributed by atoms with Crippen LogP contribution < -0.4 is 19.9 Å². The van der Waals surface area contributed by atoms with Crippen LogP contribution in [0.15, 0.2) is 78.0 Å². The van der Waals surface area contributed by atoms with Gasteiger partial charge in [0.1, 0.15) is 23.9 Å².